The second kappa shape index (κ2) is 6.50. The van der Waals surface area contributed by atoms with E-state index < -0.39 is 0 Å². The second-order valence-electron chi connectivity index (χ2n) is 5.20. The van der Waals surface area contributed by atoms with E-state index in [9.17, 15) is 4.79 Å². The van der Waals surface area contributed by atoms with Crippen molar-refractivity contribution in [2.45, 2.75) is 26.2 Å². The normalized spacial score (nSPS) is 16.1. The predicted octanol–water partition coefficient (Wildman–Crippen LogP) is 1.76. The van der Waals surface area contributed by atoms with Gasteiger partial charge in [0, 0.05) is 19.0 Å². The van der Waals surface area contributed by atoms with Crippen molar-refractivity contribution in [1.29, 1.82) is 0 Å². The summed E-state index contributed by atoms with van der Waals surface area (Å²) in [5.41, 5.74) is 13.2. The highest BCUT2D eigenvalue weighted by Gasteiger charge is 2.24. The zero-order chi connectivity index (χ0) is 14.5. The van der Waals surface area contributed by atoms with Crippen molar-refractivity contribution < 1.29 is 9.53 Å². The van der Waals surface area contributed by atoms with E-state index in [0.29, 0.717) is 12.3 Å². The summed E-state index contributed by atoms with van der Waals surface area (Å²) in [6, 6.07) is 5.85. The Morgan fingerprint density at radius 1 is 1.40 bits per heavy atom. The van der Waals surface area contributed by atoms with Crippen molar-refractivity contribution in [3.63, 3.8) is 0 Å². The largest absolute Gasteiger partial charge is 0.491 e. The van der Waals surface area contributed by atoms with Gasteiger partial charge in [-0.25, -0.2) is 0 Å². The van der Waals surface area contributed by atoms with Crippen LogP contribution in [0.25, 0.3) is 0 Å². The van der Waals surface area contributed by atoms with Gasteiger partial charge in [-0.05, 0) is 31.4 Å². The molecule has 0 atom stereocenters. The van der Waals surface area contributed by atoms with Crippen molar-refractivity contribution in [1.82, 2.24) is 0 Å². The number of hydrogen-bond acceptors (Lipinski definition) is 4. The smallest absolute Gasteiger partial charge is 0.220 e. The molecule has 1 aliphatic rings. The maximum atomic E-state index is 11.2. The van der Waals surface area contributed by atoms with Crippen LogP contribution in [-0.4, -0.2) is 25.6 Å². The fraction of sp³-hybridized carbons (Fsp3) is 0.533. The fourth-order valence-corrected chi connectivity index (χ4v) is 2.55. The zero-order valence-electron chi connectivity index (χ0n) is 12.0. The van der Waals surface area contributed by atoms with Crippen LogP contribution in [0, 0.1) is 5.92 Å². The van der Waals surface area contributed by atoms with Gasteiger partial charge in [0.25, 0.3) is 0 Å². The van der Waals surface area contributed by atoms with Crippen LogP contribution in [-0.2, 0) is 4.79 Å². The molecule has 0 unspecified atom stereocenters. The number of rotatable bonds is 5. The third-order valence-corrected chi connectivity index (χ3v) is 3.74. The quantitative estimate of drug-likeness (QED) is 0.803. The molecule has 1 saturated heterocycles. The van der Waals surface area contributed by atoms with E-state index in [1.165, 1.54) is 0 Å². The number of nitrogen functional groups attached to an aromatic ring is 1. The van der Waals surface area contributed by atoms with Gasteiger partial charge >= 0.3 is 0 Å². The maximum absolute atomic E-state index is 11.2. The molecule has 0 aliphatic carbocycles. The molecule has 1 aromatic rings. The minimum absolute atomic E-state index is 0.00741. The Balaban J connectivity index is 2.08. The van der Waals surface area contributed by atoms with Gasteiger partial charge in [0.15, 0.2) is 0 Å². The van der Waals surface area contributed by atoms with Crippen LogP contribution in [0.1, 0.15) is 26.2 Å². The number of piperidine rings is 1. The monoisotopic (exact) mass is 277 g/mol. The van der Waals surface area contributed by atoms with E-state index in [-0.39, 0.29) is 11.8 Å². The molecular formula is C15H23N3O2. The van der Waals surface area contributed by atoms with E-state index >= 15 is 0 Å². The van der Waals surface area contributed by atoms with Gasteiger partial charge < -0.3 is 21.1 Å². The van der Waals surface area contributed by atoms with E-state index in [1.54, 1.807) is 0 Å². The molecule has 4 N–H and O–H groups in total. The number of carbonyl (C=O) groups is 1. The molecule has 0 spiro atoms. The van der Waals surface area contributed by atoms with E-state index in [2.05, 4.69) is 11.8 Å². The molecule has 20 heavy (non-hydrogen) atoms. The number of para-hydroxylation sites is 1. The Kier molecular flexibility index (Phi) is 4.71. The van der Waals surface area contributed by atoms with Crippen LogP contribution < -0.4 is 21.1 Å². The number of ether oxygens (including phenoxy) is 1. The van der Waals surface area contributed by atoms with E-state index in [0.717, 1.165) is 43.8 Å². The molecule has 5 heteroatoms. The average molecular weight is 277 g/mol. The van der Waals surface area contributed by atoms with Gasteiger partial charge in [-0.3, -0.25) is 4.79 Å². The van der Waals surface area contributed by atoms with Gasteiger partial charge in [-0.1, -0.05) is 13.0 Å². The Morgan fingerprint density at radius 3 is 2.70 bits per heavy atom. The van der Waals surface area contributed by atoms with Crippen LogP contribution >= 0.6 is 0 Å². The molecule has 0 aromatic heterocycles. The highest BCUT2D eigenvalue weighted by atomic mass is 16.5. The number of benzene rings is 1. The number of nitrogens with two attached hydrogens (primary N) is 2. The minimum atomic E-state index is -0.197. The Labute approximate surface area is 119 Å². The van der Waals surface area contributed by atoms with E-state index in [4.69, 9.17) is 16.2 Å². The van der Waals surface area contributed by atoms with Gasteiger partial charge in [0.1, 0.15) is 5.75 Å². The topological polar surface area (TPSA) is 81.6 Å². The molecule has 1 heterocycles. The van der Waals surface area contributed by atoms with Gasteiger partial charge in [0.2, 0.25) is 5.91 Å². The summed E-state index contributed by atoms with van der Waals surface area (Å²) in [5.74, 6) is 0.533. The first-order valence-corrected chi connectivity index (χ1v) is 7.19. The predicted molar refractivity (Wildman–Crippen MR) is 80.8 cm³/mol. The standard InChI is InChI=1S/C15H23N3O2/c1-2-10-20-13-5-3-4-12(14(13)16)18-8-6-11(7-9-18)15(17)19/h3-5,11H,2,6-10,16H2,1H3,(H2,17,19). The Morgan fingerprint density at radius 2 is 2.10 bits per heavy atom. The van der Waals surface area contributed by atoms with Crippen molar-refractivity contribution in [2.24, 2.45) is 11.7 Å². The highest BCUT2D eigenvalue weighted by molar-refractivity contribution is 5.78. The lowest BCUT2D eigenvalue weighted by Crippen LogP contribution is -2.38. The highest BCUT2D eigenvalue weighted by Crippen LogP contribution is 2.34. The first-order chi connectivity index (χ1) is 9.63. The molecular weight excluding hydrogens is 254 g/mol. The molecule has 1 fully saturated rings. The number of hydrogen-bond donors (Lipinski definition) is 2. The molecule has 1 amide bonds. The summed E-state index contributed by atoms with van der Waals surface area (Å²) in [5, 5.41) is 0. The summed E-state index contributed by atoms with van der Waals surface area (Å²) < 4.78 is 5.65. The summed E-state index contributed by atoms with van der Waals surface area (Å²) in [6.45, 7) is 4.33. The number of primary amides is 1. The van der Waals surface area contributed by atoms with Crippen LogP contribution in [0.5, 0.6) is 5.75 Å². The first kappa shape index (κ1) is 14.5. The molecule has 5 nitrogen and oxygen atoms in total. The molecule has 1 aliphatic heterocycles. The summed E-state index contributed by atoms with van der Waals surface area (Å²) in [6.07, 6.45) is 2.53. The van der Waals surface area contributed by atoms with Gasteiger partial charge in [-0.15, -0.1) is 0 Å². The summed E-state index contributed by atoms with van der Waals surface area (Å²) in [7, 11) is 0. The van der Waals surface area contributed by atoms with Crippen LogP contribution in [0.3, 0.4) is 0 Å². The summed E-state index contributed by atoms with van der Waals surface area (Å²) >= 11 is 0. The fourth-order valence-electron chi connectivity index (χ4n) is 2.55. The number of carbonyl (C=O) groups excluding carboxylic acids is 1. The van der Waals surface area contributed by atoms with Crippen molar-refractivity contribution >= 4 is 17.3 Å². The second-order valence-corrected chi connectivity index (χ2v) is 5.20. The average Bonchev–Trinajstić information content (AvgIpc) is 2.46. The molecule has 0 bridgehead atoms. The lowest BCUT2D eigenvalue weighted by molar-refractivity contribution is -0.122. The van der Waals surface area contributed by atoms with Crippen LogP contribution in [0.4, 0.5) is 11.4 Å². The lowest BCUT2D eigenvalue weighted by atomic mass is 9.96. The van der Waals surface area contributed by atoms with Crippen molar-refractivity contribution in [2.75, 3.05) is 30.3 Å². The van der Waals surface area contributed by atoms with Crippen molar-refractivity contribution in [3.8, 4) is 5.75 Å². The third-order valence-electron chi connectivity index (χ3n) is 3.74. The number of amides is 1. The molecule has 0 saturated carbocycles. The number of nitrogens with zero attached hydrogens (tertiary/aromatic N) is 1. The molecule has 110 valence electrons. The summed E-state index contributed by atoms with van der Waals surface area (Å²) in [4.78, 5) is 13.4. The third kappa shape index (κ3) is 3.15. The minimum Gasteiger partial charge on any atom is -0.491 e. The molecule has 1 aromatic carbocycles. The maximum Gasteiger partial charge on any atom is 0.220 e. The zero-order valence-corrected chi connectivity index (χ0v) is 12.0. The van der Waals surface area contributed by atoms with Crippen LogP contribution in [0.15, 0.2) is 18.2 Å². The number of anilines is 2. The van der Waals surface area contributed by atoms with Gasteiger partial charge in [0.05, 0.1) is 18.0 Å². The lowest BCUT2D eigenvalue weighted by Gasteiger charge is -2.33. The molecule has 2 rings (SSSR count). The Hall–Kier alpha value is -1.91. The SMILES string of the molecule is CCCOc1cccc(N2CCC(C(N)=O)CC2)c1N. The van der Waals surface area contributed by atoms with Crippen LogP contribution in [0.2, 0.25) is 0 Å². The first-order valence-electron chi connectivity index (χ1n) is 7.19. The Bertz CT molecular complexity index is 468. The molecule has 0 radical (unpaired) electrons. The van der Waals surface area contributed by atoms with Gasteiger partial charge in [-0.2, -0.15) is 0 Å². The van der Waals surface area contributed by atoms with E-state index in [1.807, 2.05) is 18.2 Å². The van der Waals surface area contributed by atoms with Crippen molar-refractivity contribution in [3.05, 3.63) is 18.2 Å².